The predicted octanol–water partition coefficient (Wildman–Crippen LogP) is 2.15. The van der Waals surface area contributed by atoms with Crippen LogP contribution >= 0.6 is 0 Å². The third kappa shape index (κ3) is 2.08. The third-order valence-corrected chi connectivity index (χ3v) is 2.92. The molecule has 90 valence electrons. The average molecular weight is 234 g/mol. The van der Waals surface area contributed by atoms with Gasteiger partial charge in [0.1, 0.15) is 5.76 Å². The van der Waals surface area contributed by atoms with Crippen LogP contribution in [0, 0.1) is 20.8 Å². The molecule has 0 aliphatic carbocycles. The van der Waals surface area contributed by atoms with Crippen LogP contribution in [0.5, 0.6) is 0 Å². The van der Waals surface area contributed by atoms with Gasteiger partial charge in [-0.05, 0) is 38.5 Å². The molecule has 0 aliphatic heterocycles. The summed E-state index contributed by atoms with van der Waals surface area (Å²) in [5, 5.41) is 13.1. The van der Waals surface area contributed by atoms with Crippen molar-refractivity contribution in [3.8, 4) is 0 Å². The molecule has 0 fully saturated rings. The van der Waals surface area contributed by atoms with Crippen LogP contribution in [0.1, 0.15) is 33.3 Å². The normalized spacial score (nSPS) is 10.8. The Morgan fingerprint density at radius 2 is 2.12 bits per heavy atom. The Balaban J connectivity index is 2.25. The lowest BCUT2D eigenvalue weighted by Crippen LogP contribution is -2.03. The second-order valence-electron chi connectivity index (χ2n) is 4.02. The van der Waals surface area contributed by atoms with Gasteiger partial charge in [-0.2, -0.15) is 5.10 Å². The molecule has 5 heteroatoms. The average Bonchev–Trinajstić information content (AvgIpc) is 2.82. The lowest BCUT2D eigenvalue weighted by Gasteiger charge is -2.01. The van der Waals surface area contributed by atoms with Gasteiger partial charge >= 0.3 is 5.97 Å². The highest BCUT2D eigenvalue weighted by Crippen LogP contribution is 2.14. The minimum Gasteiger partial charge on any atom is -0.475 e. The van der Waals surface area contributed by atoms with Crippen molar-refractivity contribution >= 4 is 5.97 Å². The van der Waals surface area contributed by atoms with Crippen molar-refractivity contribution in [3.63, 3.8) is 0 Å². The Morgan fingerprint density at radius 3 is 2.59 bits per heavy atom. The molecule has 0 saturated heterocycles. The number of carboxylic acids is 1. The maximum absolute atomic E-state index is 10.7. The standard InChI is InChI=1S/C12H14N2O3/c1-7-8(2)13-14(9(7)3)6-10-4-5-11(17-10)12(15)16/h4-5H,6H2,1-3H3,(H,15,16). The first kappa shape index (κ1) is 11.4. The molecule has 0 unspecified atom stereocenters. The number of aromatic carboxylic acids is 1. The Hall–Kier alpha value is -2.04. The number of hydrogen-bond donors (Lipinski definition) is 1. The number of rotatable bonds is 3. The fourth-order valence-electron chi connectivity index (χ4n) is 1.67. The summed E-state index contributed by atoms with van der Waals surface area (Å²) in [7, 11) is 0. The monoisotopic (exact) mass is 234 g/mol. The predicted molar refractivity (Wildman–Crippen MR) is 61.2 cm³/mol. The molecule has 0 atom stereocenters. The molecule has 1 N–H and O–H groups in total. The zero-order valence-electron chi connectivity index (χ0n) is 10.0. The van der Waals surface area contributed by atoms with E-state index in [0.717, 1.165) is 17.0 Å². The molecular weight excluding hydrogens is 220 g/mol. The number of aryl methyl sites for hydroxylation is 1. The summed E-state index contributed by atoms with van der Waals surface area (Å²) in [6, 6.07) is 3.12. The van der Waals surface area contributed by atoms with Crippen molar-refractivity contribution in [2.24, 2.45) is 0 Å². The van der Waals surface area contributed by atoms with Gasteiger partial charge in [0.25, 0.3) is 0 Å². The Morgan fingerprint density at radius 1 is 1.41 bits per heavy atom. The number of carboxylic acid groups (broad SMARTS) is 1. The lowest BCUT2D eigenvalue weighted by molar-refractivity contribution is 0.0660. The zero-order chi connectivity index (χ0) is 12.6. The van der Waals surface area contributed by atoms with Crippen LogP contribution in [-0.2, 0) is 6.54 Å². The molecule has 0 bridgehead atoms. The molecule has 0 saturated carbocycles. The molecule has 0 aromatic carbocycles. The highest BCUT2D eigenvalue weighted by Gasteiger charge is 2.12. The summed E-state index contributed by atoms with van der Waals surface area (Å²) in [6.45, 7) is 6.40. The van der Waals surface area contributed by atoms with Gasteiger partial charge in [0.2, 0.25) is 5.76 Å². The molecule has 2 heterocycles. The van der Waals surface area contributed by atoms with E-state index in [2.05, 4.69) is 5.10 Å². The lowest BCUT2D eigenvalue weighted by atomic mass is 10.2. The van der Waals surface area contributed by atoms with E-state index < -0.39 is 5.97 Å². The van der Waals surface area contributed by atoms with Gasteiger partial charge in [0.15, 0.2) is 0 Å². The number of carbonyl (C=O) groups is 1. The number of aromatic nitrogens is 2. The van der Waals surface area contributed by atoms with Gasteiger partial charge in [-0.3, -0.25) is 4.68 Å². The summed E-state index contributed by atoms with van der Waals surface area (Å²) in [4.78, 5) is 10.7. The Bertz CT molecular complexity index is 566. The van der Waals surface area contributed by atoms with Gasteiger partial charge in [0, 0.05) is 5.69 Å². The van der Waals surface area contributed by atoms with Crippen molar-refractivity contribution in [3.05, 3.63) is 40.6 Å². The van der Waals surface area contributed by atoms with E-state index in [-0.39, 0.29) is 5.76 Å². The van der Waals surface area contributed by atoms with E-state index in [9.17, 15) is 4.79 Å². The Labute approximate surface area is 98.7 Å². The van der Waals surface area contributed by atoms with Gasteiger partial charge in [-0.15, -0.1) is 0 Å². The van der Waals surface area contributed by atoms with E-state index in [1.54, 1.807) is 6.07 Å². The van der Waals surface area contributed by atoms with Crippen molar-refractivity contribution in [1.29, 1.82) is 0 Å². The largest absolute Gasteiger partial charge is 0.475 e. The zero-order valence-corrected chi connectivity index (χ0v) is 10.0. The quantitative estimate of drug-likeness (QED) is 0.883. The van der Waals surface area contributed by atoms with Gasteiger partial charge in [0.05, 0.1) is 12.2 Å². The van der Waals surface area contributed by atoms with Crippen LogP contribution in [0.4, 0.5) is 0 Å². The second kappa shape index (κ2) is 4.08. The molecule has 0 radical (unpaired) electrons. The molecule has 0 amide bonds. The van der Waals surface area contributed by atoms with Crippen LogP contribution in [0.2, 0.25) is 0 Å². The van der Waals surface area contributed by atoms with Crippen molar-refractivity contribution in [2.45, 2.75) is 27.3 Å². The maximum Gasteiger partial charge on any atom is 0.371 e. The smallest absolute Gasteiger partial charge is 0.371 e. The fourth-order valence-corrected chi connectivity index (χ4v) is 1.67. The summed E-state index contributed by atoms with van der Waals surface area (Å²) in [5.74, 6) is -0.507. The van der Waals surface area contributed by atoms with E-state index in [4.69, 9.17) is 9.52 Å². The molecule has 2 rings (SSSR count). The van der Waals surface area contributed by atoms with Crippen molar-refractivity contribution < 1.29 is 14.3 Å². The van der Waals surface area contributed by atoms with E-state index in [1.165, 1.54) is 6.07 Å². The summed E-state index contributed by atoms with van der Waals surface area (Å²) in [5.41, 5.74) is 3.19. The molecule has 0 aliphatic rings. The highest BCUT2D eigenvalue weighted by molar-refractivity contribution is 5.84. The van der Waals surface area contributed by atoms with E-state index in [1.807, 2.05) is 25.5 Å². The minimum absolute atomic E-state index is 0.0433. The number of furan rings is 1. The van der Waals surface area contributed by atoms with Crippen LogP contribution in [0.15, 0.2) is 16.5 Å². The SMILES string of the molecule is Cc1nn(Cc2ccc(C(=O)O)o2)c(C)c1C. The van der Waals surface area contributed by atoms with E-state index >= 15 is 0 Å². The van der Waals surface area contributed by atoms with Crippen molar-refractivity contribution in [2.75, 3.05) is 0 Å². The van der Waals surface area contributed by atoms with Gasteiger partial charge < -0.3 is 9.52 Å². The molecule has 0 spiro atoms. The van der Waals surface area contributed by atoms with Gasteiger partial charge in [-0.1, -0.05) is 0 Å². The first-order valence-electron chi connectivity index (χ1n) is 5.31. The van der Waals surface area contributed by atoms with Crippen LogP contribution in [0.25, 0.3) is 0 Å². The molecule has 17 heavy (non-hydrogen) atoms. The van der Waals surface area contributed by atoms with Crippen molar-refractivity contribution in [1.82, 2.24) is 9.78 Å². The first-order valence-corrected chi connectivity index (χ1v) is 5.31. The van der Waals surface area contributed by atoms with Gasteiger partial charge in [-0.25, -0.2) is 4.79 Å². The molecular formula is C12H14N2O3. The summed E-state index contributed by atoms with van der Waals surface area (Å²) >= 11 is 0. The molecule has 2 aromatic heterocycles. The molecule has 2 aromatic rings. The highest BCUT2D eigenvalue weighted by atomic mass is 16.4. The van der Waals surface area contributed by atoms with Crippen LogP contribution < -0.4 is 0 Å². The number of nitrogens with zero attached hydrogens (tertiary/aromatic N) is 2. The first-order chi connectivity index (χ1) is 7.99. The van der Waals surface area contributed by atoms with Crippen LogP contribution in [-0.4, -0.2) is 20.9 Å². The summed E-state index contributed by atoms with van der Waals surface area (Å²) < 4.78 is 7.01. The molecule has 5 nitrogen and oxygen atoms in total. The minimum atomic E-state index is -1.05. The topological polar surface area (TPSA) is 68.3 Å². The number of hydrogen-bond acceptors (Lipinski definition) is 3. The maximum atomic E-state index is 10.7. The Kier molecular flexibility index (Phi) is 2.75. The third-order valence-electron chi connectivity index (χ3n) is 2.92. The van der Waals surface area contributed by atoms with E-state index in [0.29, 0.717) is 12.3 Å². The summed E-state index contributed by atoms with van der Waals surface area (Å²) in [6.07, 6.45) is 0. The fraction of sp³-hybridized carbons (Fsp3) is 0.333. The second-order valence-corrected chi connectivity index (χ2v) is 4.02. The van der Waals surface area contributed by atoms with Crippen LogP contribution in [0.3, 0.4) is 0 Å².